The van der Waals surface area contributed by atoms with Gasteiger partial charge < -0.3 is 9.64 Å². The second-order valence-corrected chi connectivity index (χ2v) is 4.77. The molecular weight excluding hydrogens is 288 g/mol. The maximum absolute atomic E-state index is 12.6. The van der Waals surface area contributed by atoms with Crippen LogP contribution in [0.25, 0.3) is 0 Å². The predicted octanol–water partition coefficient (Wildman–Crippen LogP) is 3.50. The molecule has 2 aromatic rings. The van der Waals surface area contributed by atoms with Gasteiger partial charge in [0.05, 0.1) is 23.9 Å². The average Bonchev–Trinajstić information content (AvgIpc) is 2.53. The highest BCUT2D eigenvalue weighted by molar-refractivity contribution is 6.31. The standard InChI is InChI=1S/C16H13ClN2O2/c1-19(14-6-4-3-5-11(14)10-18)16(20)13-8-7-12(17)9-15(13)21-2/h3-9H,1-2H3. The molecule has 2 rings (SSSR count). The molecule has 0 heterocycles. The van der Waals surface area contributed by atoms with Gasteiger partial charge in [0.2, 0.25) is 0 Å². The number of halogens is 1. The summed E-state index contributed by atoms with van der Waals surface area (Å²) in [6, 6.07) is 13.8. The van der Waals surface area contributed by atoms with Gasteiger partial charge in [-0.25, -0.2) is 0 Å². The molecule has 0 bridgehead atoms. The van der Waals surface area contributed by atoms with Crippen LogP contribution in [0.1, 0.15) is 15.9 Å². The third-order valence-electron chi connectivity index (χ3n) is 3.08. The van der Waals surface area contributed by atoms with Gasteiger partial charge in [0.25, 0.3) is 5.91 Å². The van der Waals surface area contributed by atoms with E-state index < -0.39 is 0 Å². The number of rotatable bonds is 3. The Hall–Kier alpha value is -2.51. The van der Waals surface area contributed by atoms with Crippen molar-refractivity contribution in [3.05, 3.63) is 58.6 Å². The third kappa shape index (κ3) is 2.99. The minimum atomic E-state index is -0.272. The molecule has 0 saturated heterocycles. The Morgan fingerprint density at radius 3 is 2.67 bits per heavy atom. The van der Waals surface area contributed by atoms with Gasteiger partial charge >= 0.3 is 0 Å². The number of amides is 1. The number of ether oxygens (including phenoxy) is 1. The van der Waals surface area contributed by atoms with Crippen LogP contribution < -0.4 is 9.64 Å². The summed E-state index contributed by atoms with van der Waals surface area (Å²) >= 11 is 5.90. The number of carbonyl (C=O) groups is 1. The molecule has 1 amide bonds. The first-order valence-corrected chi connectivity index (χ1v) is 6.57. The summed E-state index contributed by atoms with van der Waals surface area (Å²) in [7, 11) is 3.10. The maximum atomic E-state index is 12.6. The van der Waals surface area contributed by atoms with Gasteiger partial charge in [-0.1, -0.05) is 23.7 Å². The Morgan fingerprint density at radius 2 is 2.00 bits per heavy atom. The molecule has 4 nitrogen and oxygen atoms in total. The van der Waals surface area contributed by atoms with Crippen molar-refractivity contribution in [2.24, 2.45) is 0 Å². The summed E-state index contributed by atoms with van der Waals surface area (Å²) < 4.78 is 5.19. The topological polar surface area (TPSA) is 53.3 Å². The second kappa shape index (κ2) is 6.29. The quantitative estimate of drug-likeness (QED) is 0.872. The van der Waals surface area contributed by atoms with Gasteiger partial charge in [-0.2, -0.15) is 5.26 Å². The number of carbonyl (C=O) groups excluding carboxylic acids is 1. The largest absolute Gasteiger partial charge is 0.496 e. The van der Waals surface area contributed by atoms with Crippen LogP contribution >= 0.6 is 11.6 Å². The fourth-order valence-electron chi connectivity index (χ4n) is 1.99. The van der Waals surface area contributed by atoms with E-state index in [9.17, 15) is 4.79 Å². The highest BCUT2D eigenvalue weighted by Crippen LogP contribution is 2.27. The first kappa shape index (κ1) is 14.9. The lowest BCUT2D eigenvalue weighted by molar-refractivity contribution is 0.0990. The Bertz CT molecular complexity index is 722. The van der Waals surface area contributed by atoms with E-state index in [1.807, 2.05) is 0 Å². The summed E-state index contributed by atoms with van der Waals surface area (Å²) in [5.74, 6) is 0.125. The summed E-state index contributed by atoms with van der Waals surface area (Å²) in [6.45, 7) is 0. The van der Waals surface area contributed by atoms with Gasteiger partial charge in [-0.15, -0.1) is 0 Å². The van der Waals surface area contributed by atoms with Crippen LogP contribution in [0.15, 0.2) is 42.5 Å². The number of anilines is 1. The zero-order chi connectivity index (χ0) is 15.4. The van der Waals surface area contributed by atoms with Crippen LogP contribution in [0.4, 0.5) is 5.69 Å². The number of hydrogen-bond donors (Lipinski definition) is 0. The molecule has 0 radical (unpaired) electrons. The summed E-state index contributed by atoms with van der Waals surface area (Å²) in [6.07, 6.45) is 0. The number of benzene rings is 2. The van der Waals surface area contributed by atoms with E-state index in [-0.39, 0.29) is 5.91 Å². The van der Waals surface area contributed by atoms with Gasteiger partial charge in [0.15, 0.2) is 0 Å². The van der Waals surface area contributed by atoms with Gasteiger partial charge in [0.1, 0.15) is 11.8 Å². The Kier molecular flexibility index (Phi) is 4.46. The Balaban J connectivity index is 2.43. The van der Waals surface area contributed by atoms with Crippen molar-refractivity contribution in [1.82, 2.24) is 0 Å². The lowest BCUT2D eigenvalue weighted by Crippen LogP contribution is -2.27. The molecule has 0 aliphatic rings. The molecule has 2 aromatic carbocycles. The van der Waals surface area contributed by atoms with Gasteiger partial charge in [-0.3, -0.25) is 4.79 Å². The van der Waals surface area contributed by atoms with Crippen molar-refractivity contribution in [2.45, 2.75) is 0 Å². The highest BCUT2D eigenvalue weighted by atomic mass is 35.5. The Morgan fingerprint density at radius 1 is 1.29 bits per heavy atom. The fourth-order valence-corrected chi connectivity index (χ4v) is 2.15. The normalized spacial score (nSPS) is 9.81. The second-order valence-electron chi connectivity index (χ2n) is 4.34. The van der Waals surface area contributed by atoms with Crippen LogP contribution in [0.2, 0.25) is 5.02 Å². The van der Waals surface area contributed by atoms with Gasteiger partial charge in [0, 0.05) is 12.1 Å². The molecular formula is C16H13ClN2O2. The van der Waals surface area contributed by atoms with Crippen molar-refractivity contribution < 1.29 is 9.53 Å². The summed E-state index contributed by atoms with van der Waals surface area (Å²) in [4.78, 5) is 14.0. The molecule has 0 N–H and O–H groups in total. The van der Waals surface area contributed by atoms with Crippen LogP contribution in [0, 0.1) is 11.3 Å². The first-order chi connectivity index (χ1) is 10.1. The van der Waals surface area contributed by atoms with E-state index in [0.717, 1.165) is 0 Å². The summed E-state index contributed by atoms with van der Waals surface area (Å²) in [5, 5.41) is 9.62. The number of para-hydroxylation sites is 1. The highest BCUT2D eigenvalue weighted by Gasteiger charge is 2.19. The lowest BCUT2D eigenvalue weighted by atomic mass is 10.1. The van der Waals surface area contributed by atoms with Crippen LogP contribution in [0.5, 0.6) is 5.75 Å². The summed E-state index contributed by atoms with van der Waals surface area (Å²) in [5.41, 5.74) is 1.36. The minimum absolute atomic E-state index is 0.272. The first-order valence-electron chi connectivity index (χ1n) is 6.19. The molecule has 0 aliphatic carbocycles. The van der Waals surface area contributed by atoms with Crippen molar-refractivity contribution in [1.29, 1.82) is 5.26 Å². The zero-order valence-electron chi connectivity index (χ0n) is 11.6. The molecule has 0 fully saturated rings. The molecule has 0 spiro atoms. The third-order valence-corrected chi connectivity index (χ3v) is 3.32. The molecule has 106 valence electrons. The SMILES string of the molecule is COc1cc(Cl)ccc1C(=O)N(C)c1ccccc1C#N. The molecule has 0 saturated carbocycles. The monoisotopic (exact) mass is 300 g/mol. The molecule has 0 aliphatic heterocycles. The molecule has 0 aromatic heterocycles. The number of hydrogen-bond acceptors (Lipinski definition) is 3. The van der Waals surface area contributed by atoms with E-state index in [2.05, 4.69) is 6.07 Å². The van der Waals surface area contributed by atoms with Crippen molar-refractivity contribution >= 4 is 23.2 Å². The average molecular weight is 301 g/mol. The zero-order valence-corrected chi connectivity index (χ0v) is 12.4. The fraction of sp³-hybridized carbons (Fsp3) is 0.125. The predicted molar refractivity (Wildman–Crippen MR) is 81.9 cm³/mol. The number of methoxy groups -OCH3 is 1. The molecule has 21 heavy (non-hydrogen) atoms. The van der Waals surface area contributed by atoms with Crippen LogP contribution in [-0.4, -0.2) is 20.1 Å². The van der Waals surface area contributed by atoms with Crippen molar-refractivity contribution in [3.8, 4) is 11.8 Å². The molecule has 0 unspecified atom stereocenters. The number of nitrogens with zero attached hydrogens (tertiary/aromatic N) is 2. The smallest absolute Gasteiger partial charge is 0.261 e. The number of nitriles is 1. The Labute approximate surface area is 128 Å². The van der Waals surface area contributed by atoms with Crippen molar-refractivity contribution in [3.63, 3.8) is 0 Å². The van der Waals surface area contributed by atoms with Crippen LogP contribution in [0.3, 0.4) is 0 Å². The van der Waals surface area contributed by atoms with E-state index in [4.69, 9.17) is 21.6 Å². The van der Waals surface area contributed by atoms with Crippen LogP contribution in [-0.2, 0) is 0 Å². The lowest BCUT2D eigenvalue weighted by Gasteiger charge is -2.19. The van der Waals surface area contributed by atoms with E-state index >= 15 is 0 Å². The van der Waals surface area contributed by atoms with E-state index in [1.165, 1.54) is 12.0 Å². The van der Waals surface area contributed by atoms with E-state index in [0.29, 0.717) is 27.6 Å². The minimum Gasteiger partial charge on any atom is -0.496 e. The maximum Gasteiger partial charge on any atom is 0.261 e. The van der Waals surface area contributed by atoms with Crippen molar-refractivity contribution in [2.75, 3.05) is 19.1 Å². The van der Waals surface area contributed by atoms with Gasteiger partial charge in [-0.05, 0) is 30.3 Å². The molecule has 5 heteroatoms. The van der Waals surface area contributed by atoms with E-state index in [1.54, 1.807) is 49.5 Å². The molecule has 0 atom stereocenters.